The molecule has 3 aromatic rings. The Kier molecular flexibility index (Phi) is 3.83. The van der Waals surface area contributed by atoms with E-state index in [1.165, 1.54) is 11.5 Å². The van der Waals surface area contributed by atoms with Crippen LogP contribution < -0.4 is 10.9 Å². The fourth-order valence-electron chi connectivity index (χ4n) is 2.51. The Morgan fingerprint density at radius 3 is 2.65 bits per heavy atom. The lowest BCUT2D eigenvalue weighted by molar-refractivity contribution is -0.114. The van der Waals surface area contributed by atoms with Crippen LogP contribution in [-0.2, 0) is 4.79 Å². The van der Waals surface area contributed by atoms with Crippen LogP contribution in [-0.4, -0.2) is 15.5 Å². The van der Waals surface area contributed by atoms with E-state index in [0.717, 1.165) is 5.56 Å². The molecule has 0 aliphatic rings. The van der Waals surface area contributed by atoms with Gasteiger partial charge >= 0.3 is 0 Å². The number of nitrogens with one attached hydrogen (secondary N) is 2. The van der Waals surface area contributed by atoms with Crippen LogP contribution in [0, 0.1) is 11.7 Å². The van der Waals surface area contributed by atoms with E-state index in [1.54, 1.807) is 18.2 Å². The molecule has 0 saturated heterocycles. The molecule has 0 spiro atoms. The third kappa shape index (κ3) is 2.80. The van der Waals surface area contributed by atoms with Crippen molar-refractivity contribution in [3.05, 3.63) is 63.2 Å². The Labute approximate surface area is 137 Å². The van der Waals surface area contributed by atoms with Gasteiger partial charge in [0.25, 0.3) is 5.56 Å². The van der Waals surface area contributed by atoms with E-state index in [4.69, 9.17) is 12.2 Å². The molecule has 2 N–H and O–H groups in total. The first-order chi connectivity index (χ1) is 11.0. The molecule has 0 fully saturated rings. The van der Waals surface area contributed by atoms with E-state index < -0.39 is 0 Å². The predicted molar refractivity (Wildman–Crippen MR) is 93.8 cm³/mol. The third-order valence-electron chi connectivity index (χ3n) is 3.58. The molecule has 1 aromatic heterocycles. The lowest BCUT2D eigenvalue weighted by Crippen LogP contribution is -2.20. The predicted octanol–water partition coefficient (Wildman–Crippen LogP) is 3.32. The molecule has 1 amide bonds. The van der Waals surface area contributed by atoms with Crippen LogP contribution in [0.2, 0.25) is 0 Å². The van der Waals surface area contributed by atoms with E-state index in [9.17, 15) is 9.59 Å². The van der Waals surface area contributed by atoms with Crippen molar-refractivity contribution in [1.82, 2.24) is 9.55 Å². The normalized spacial score (nSPS) is 10.7. The summed E-state index contributed by atoms with van der Waals surface area (Å²) in [6, 6.07) is 12.6. The van der Waals surface area contributed by atoms with Crippen LogP contribution in [0.1, 0.15) is 12.5 Å². The summed E-state index contributed by atoms with van der Waals surface area (Å²) in [7, 11) is 0. The summed E-state index contributed by atoms with van der Waals surface area (Å²) >= 11 is 5.33. The largest absolute Gasteiger partial charge is 0.331 e. The second-order valence-corrected chi connectivity index (χ2v) is 5.68. The summed E-state index contributed by atoms with van der Waals surface area (Å²) in [5.74, 6) is -0.138. The summed E-state index contributed by atoms with van der Waals surface area (Å²) in [6.07, 6.45) is 0. The summed E-state index contributed by atoms with van der Waals surface area (Å²) in [6.45, 7) is 3.32. The standard InChI is InChI=1S/C17H15N3O2S/c1-10-9-12(7-8-14(10)18-11(2)21)20-16(22)13-5-3-4-6-15(13)19-17(20)23/h3-9H,1-2H3,(H,18,21)(H,19,23). The third-order valence-corrected chi connectivity index (χ3v) is 3.87. The highest BCUT2D eigenvalue weighted by Crippen LogP contribution is 2.19. The topological polar surface area (TPSA) is 66.9 Å². The number of amides is 1. The highest BCUT2D eigenvalue weighted by Gasteiger charge is 2.09. The van der Waals surface area contributed by atoms with Gasteiger partial charge < -0.3 is 10.3 Å². The lowest BCUT2D eigenvalue weighted by Gasteiger charge is -2.11. The second-order valence-electron chi connectivity index (χ2n) is 5.30. The number of nitrogens with zero attached hydrogens (tertiary/aromatic N) is 1. The number of hydrogen-bond donors (Lipinski definition) is 2. The van der Waals surface area contributed by atoms with Crippen molar-refractivity contribution in [2.45, 2.75) is 13.8 Å². The van der Waals surface area contributed by atoms with Crippen LogP contribution in [0.3, 0.4) is 0 Å². The van der Waals surface area contributed by atoms with Crippen LogP contribution in [0.25, 0.3) is 16.6 Å². The molecule has 2 aromatic carbocycles. The molecule has 0 radical (unpaired) electrons. The van der Waals surface area contributed by atoms with Crippen molar-refractivity contribution in [3.63, 3.8) is 0 Å². The van der Waals surface area contributed by atoms with Gasteiger partial charge in [-0.1, -0.05) is 12.1 Å². The number of para-hydroxylation sites is 1. The number of hydrogen-bond acceptors (Lipinski definition) is 3. The van der Waals surface area contributed by atoms with Crippen LogP contribution in [0.4, 0.5) is 5.69 Å². The Hall–Kier alpha value is -2.73. The summed E-state index contributed by atoms with van der Waals surface area (Å²) < 4.78 is 1.79. The van der Waals surface area contributed by atoms with E-state index >= 15 is 0 Å². The zero-order valence-corrected chi connectivity index (χ0v) is 13.5. The molecule has 1 heterocycles. The molecule has 0 saturated carbocycles. The number of benzene rings is 2. The van der Waals surface area contributed by atoms with Gasteiger partial charge in [0.15, 0.2) is 4.77 Å². The number of aromatic nitrogens is 2. The Morgan fingerprint density at radius 1 is 1.22 bits per heavy atom. The number of fused-ring (bicyclic) bond motifs is 1. The molecule has 3 rings (SSSR count). The SMILES string of the molecule is CC(=O)Nc1ccc(-n2c(=S)[nH]c3ccccc3c2=O)cc1C. The maximum absolute atomic E-state index is 12.7. The first kappa shape index (κ1) is 15.2. The number of aryl methyl sites for hydroxylation is 1. The minimum Gasteiger partial charge on any atom is -0.331 e. The van der Waals surface area contributed by atoms with Gasteiger partial charge in [-0.2, -0.15) is 0 Å². The molecule has 0 atom stereocenters. The Bertz CT molecular complexity index is 1030. The van der Waals surface area contributed by atoms with Crippen molar-refractivity contribution in [2.24, 2.45) is 0 Å². The van der Waals surface area contributed by atoms with Crippen molar-refractivity contribution >= 4 is 34.7 Å². The molecule has 0 aliphatic heterocycles. The fraction of sp³-hybridized carbons (Fsp3) is 0.118. The molecular weight excluding hydrogens is 310 g/mol. The molecule has 0 unspecified atom stereocenters. The lowest BCUT2D eigenvalue weighted by atomic mass is 10.1. The summed E-state index contributed by atoms with van der Waals surface area (Å²) in [4.78, 5) is 27.0. The molecule has 0 bridgehead atoms. The molecule has 5 nitrogen and oxygen atoms in total. The zero-order chi connectivity index (χ0) is 16.6. The van der Waals surface area contributed by atoms with E-state index in [-0.39, 0.29) is 11.5 Å². The number of rotatable bonds is 2. The van der Waals surface area contributed by atoms with Gasteiger partial charge in [-0.25, -0.2) is 0 Å². The van der Waals surface area contributed by atoms with Gasteiger partial charge in [-0.3, -0.25) is 14.2 Å². The quantitative estimate of drug-likeness (QED) is 0.710. The second kappa shape index (κ2) is 5.81. The number of aromatic amines is 1. The van der Waals surface area contributed by atoms with Crippen LogP contribution in [0.15, 0.2) is 47.3 Å². The maximum atomic E-state index is 12.7. The first-order valence-electron chi connectivity index (χ1n) is 7.10. The molecule has 0 aliphatic carbocycles. The molecule has 116 valence electrons. The minimum absolute atomic E-state index is 0.138. The highest BCUT2D eigenvalue weighted by molar-refractivity contribution is 7.71. The Morgan fingerprint density at radius 2 is 1.96 bits per heavy atom. The average Bonchev–Trinajstić information content (AvgIpc) is 2.49. The maximum Gasteiger partial charge on any atom is 0.266 e. The van der Waals surface area contributed by atoms with Gasteiger partial charge in [0, 0.05) is 12.6 Å². The summed E-state index contributed by atoms with van der Waals surface area (Å²) in [5.41, 5.74) is 2.77. The molecule has 23 heavy (non-hydrogen) atoms. The average molecular weight is 325 g/mol. The van der Waals surface area contributed by atoms with Gasteiger partial charge in [-0.15, -0.1) is 0 Å². The van der Waals surface area contributed by atoms with Crippen molar-refractivity contribution in [1.29, 1.82) is 0 Å². The number of H-pyrrole nitrogens is 1. The minimum atomic E-state index is -0.170. The molecule has 6 heteroatoms. The van der Waals surface area contributed by atoms with E-state index in [0.29, 0.717) is 27.0 Å². The van der Waals surface area contributed by atoms with Gasteiger partial charge in [-0.05, 0) is 55.0 Å². The Balaban J connectivity index is 2.21. The van der Waals surface area contributed by atoms with Gasteiger partial charge in [0.2, 0.25) is 5.91 Å². The van der Waals surface area contributed by atoms with E-state index in [2.05, 4.69) is 10.3 Å². The smallest absolute Gasteiger partial charge is 0.266 e. The number of carbonyl (C=O) groups excluding carboxylic acids is 1. The van der Waals surface area contributed by atoms with Gasteiger partial charge in [0.05, 0.1) is 16.6 Å². The van der Waals surface area contributed by atoms with Crippen molar-refractivity contribution in [3.8, 4) is 5.69 Å². The monoisotopic (exact) mass is 325 g/mol. The van der Waals surface area contributed by atoms with Crippen LogP contribution >= 0.6 is 12.2 Å². The van der Waals surface area contributed by atoms with Gasteiger partial charge in [0.1, 0.15) is 0 Å². The van der Waals surface area contributed by atoms with Crippen molar-refractivity contribution < 1.29 is 4.79 Å². The number of carbonyl (C=O) groups is 1. The first-order valence-corrected chi connectivity index (χ1v) is 7.51. The zero-order valence-electron chi connectivity index (χ0n) is 12.7. The van der Waals surface area contributed by atoms with E-state index in [1.807, 2.05) is 31.2 Å². The molecular formula is C17H15N3O2S. The number of anilines is 1. The van der Waals surface area contributed by atoms with Crippen molar-refractivity contribution in [2.75, 3.05) is 5.32 Å². The fourth-order valence-corrected chi connectivity index (χ4v) is 2.81. The van der Waals surface area contributed by atoms with Crippen LogP contribution in [0.5, 0.6) is 0 Å². The summed E-state index contributed by atoms with van der Waals surface area (Å²) in [5, 5.41) is 3.32. The highest BCUT2D eigenvalue weighted by atomic mass is 32.1.